The first-order chi connectivity index (χ1) is 7.77. The summed E-state index contributed by atoms with van der Waals surface area (Å²) in [5.41, 5.74) is 5.79. The van der Waals surface area contributed by atoms with E-state index < -0.39 is 5.60 Å². The normalized spacial score (nSPS) is 14.4. The molecule has 0 aliphatic rings. The van der Waals surface area contributed by atoms with Crippen LogP contribution in [0.25, 0.3) is 0 Å². The highest BCUT2D eigenvalue weighted by molar-refractivity contribution is 5.33. The molecule has 1 aromatic carbocycles. The first-order valence-corrected chi connectivity index (χ1v) is 5.01. The molecular weight excluding hydrogens is 202 g/mol. The van der Waals surface area contributed by atoms with Crippen molar-refractivity contribution in [3.63, 3.8) is 0 Å². The van der Waals surface area contributed by atoms with Gasteiger partial charge in [-0.2, -0.15) is 0 Å². The smallest absolute Gasteiger partial charge is 0.130 e. The Hall–Kier alpha value is -1.78. The minimum Gasteiger partial charge on any atom is -0.379 e. The molecule has 0 radical (unpaired) electrons. The molecule has 82 valence electrons. The molecule has 0 fully saturated rings. The van der Waals surface area contributed by atoms with Gasteiger partial charge in [0, 0.05) is 24.5 Å². The first-order valence-electron chi connectivity index (χ1n) is 5.01. The van der Waals surface area contributed by atoms with Gasteiger partial charge in [-0.25, -0.2) is 9.97 Å². The van der Waals surface area contributed by atoms with Crippen LogP contribution in [0.2, 0.25) is 0 Å². The van der Waals surface area contributed by atoms with Crippen LogP contribution in [0.15, 0.2) is 49.1 Å². The molecule has 0 bridgehead atoms. The average molecular weight is 215 g/mol. The van der Waals surface area contributed by atoms with Crippen LogP contribution in [0.1, 0.15) is 11.1 Å². The minimum absolute atomic E-state index is 0.0877. The van der Waals surface area contributed by atoms with Gasteiger partial charge in [-0.15, -0.1) is 0 Å². The lowest BCUT2D eigenvalue weighted by Gasteiger charge is -2.26. The van der Waals surface area contributed by atoms with Gasteiger partial charge in [-0.05, 0) is 5.56 Å². The summed E-state index contributed by atoms with van der Waals surface area (Å²) in [6, 6.07) is 9.28. The van der Waals surface area contributed by atoms with Gasteiger partial charge in [0.25, 0.3) is 0 Å². The second kappa shape index (κ2) is 4.38. The number of hydrogen-bond donors (Lipinski definition) is 2. The quantitative estimate of drug-likeness (QED) is 0.789. The third-order valence-corrected chi connectivity index (χ3v) is 2.58. The molecule has 0 aliphatic heterocycles. The maximum Gasteiger partial charge on any atom is 0.130 e. The van der Waals surface area contributed by atoms with E-state index in [0.29, 0.717) is 5.56 Å². The molecule has 1 aromatic heterocycles. The third-order valence-electron chi connectivity index (χ3n) is 2.58. The van der Waals surface area contributed by atoms with Crippen molar-refractivity contribution in [3.8, 4) is 0 Å². The summed E-state index contributed by atoms with van der Waals surface area (Å²) in [6.07, 6.45) is 4.57. The fraction of sp³-hybridized carbons (Fsp3) is 0.167. The molecule has 1 heterocycles. The SMILES string of the molecule is NCC(O)(c1ccccc1)c1cncnc1. The zero-order chi connectivity index (χ0) is 11.4. The number of benzene rings is 1. The molecule has 1 atom stereocenters. The summed E-state index contributed by atoms with van der Waals surface area (Å²) in [5.74, 6) is 0. The maximum atomic E-state index is 10.6. The monoisotopic (exact) mass is 215 g/mol. The highest BCUT2D eigenvalue weighted by Gasteiger charge is 2.30. The van der Waals surface area contributed by atoms with Crippen molar-refractivity contribution in [1.82, 2.24) is 9.97 Å². The molecule has 2 aromatic rings. The molecule has 0 saturated carbocycles. The van der Waals surface area contributed by atoms with Gasteiger partial charge in [0.15, 0.2) is 0 Å². The molecule has 1 unspecified atom stereocenters. The lowest BCUT2D eigenvalue weighted by molar-refractivity contribution is 0.0894. The highest BCUT2D eigenvalue weighted by atomic mass is 16.3. The maximum absolute atomic E-state index is 10.6. The van der Waals surface area contributed by atoms with Crippen molar-refractivity contribution in [2.75, 3.05) is 6.54 Å². The Morgan fingerprint density at radius 1 is 1.06 bits per heavy atom. The molecule has 0 aliphatic carbocycles. The topological polar surface area (TPSA) is 72.0 Å². The summed E-state index contributed by atoms with van der Waals surface area (Å²) in [7, 11) is 0. The molecule has 0 saturated heterocycles. The van der Waals surface area contributed by atoms with Gasteiger partial charge < -0.3 is 10.8 Å². The Kier molecular flexibility index (Phi) is 2.94. The average Bonchev–Trinajstić information content (AvgIpc) is 2.40. The summed E-state index contributed by atoms with van der Waals surface area (Å²) in [5, 5.41) is 10.6. The molecule has 2 rings (SSSR count). The Labute approximate surface area is 93.8 Å². The summed E-state index contributed by atoms with van der Waals surface area (Å²) < 4.78 is 0. The number of nitrogens with two attached hydrogens (primary N) is 1. The number of aliphatic hydroxyl groups is 1. The number of nitrogens with zero attached hydrogens (tertiary/aromatic N) is 2. The van der Waals surface area contributed by atoms with Crippen LogP contribution in [0.3, 0.4) is 0 Å². The van der Waals surface area contributed by atoms with E-state index in [1.807, 2.05) is 30.3 Å². The summed E-state index contributed by atoms with van der Waals surface area (Å²) in [4.78, 5) is 7.80. The van der Waals surface area contributed by atoms with Gasteiger partial charge in [-0.3, -0.25) is 0 Å². The fourth-order valence-electron chi connectivity index (χ4n) is 1.63. The van der Waals surface area contributed by atoms with Gasteiger partial charge in [0.1, 0.15) is 11.9 Å². The molecule has 0 amide bonds. The Bertz CT molecular complexity index is 405. The van der Waals surface area contributed by atoms with Crippen molar-refractivity contribution in [1.29, 1.82) is 0 Å². The standard InChI is InChI=1S/C12H13N3O/c13-8-12(16,10-4-2-1-3-5-10)11-6-14-9-15-7-11/h1-7,9,16H,8,13H2. The predicted molar refractivity (Wildman–Crippen MR) is 60.5 cm³/mol. The fourth-order valence-corrected chi connectivity index (χ4v) is 1.63. The zero-order valence-electron chi connectivity index (χ0n) is 8.74. The number of hydrogen-bond acceptors (Lipinski definition) is 4. The van der Waals surface area contributed by atoms with Gasteiger partial charge in [-0.1, -0.05) is 30.3 Å². The van der Waals surface area contributed by atoms with Crippen LogP contribution < -0.4 is 5.73 Å². The largest absolute Gasteiger partial charge is 0.379 e. The van der Waals surface area contributed by atoms with Crippen LogP contribution in [-0.4, -0.2) is 21.6 Å². The van der Waals surface area contributed by atoms with E-state index in [4.69, 9.17) is 5.73 Å². The molecule has 3 N–H and O–H groups in total. The molecule has 4 nitrogen and oxygen atoms in total. The van der Waals surface area contributed by atoms with Crippen LogP contribution in [-0.2, 0) is 5.60 Å². The van der Waals surface area contributed by atoms with E-state index in [-0.39, 0.29) is 6.54 Å². The van der Waals surface area contributed by atoms with Crippen molar-refractivity contribution in [2.24, 2.45) is 5.73 Å². The Morgan fingerprint density at radius 3 is 2.25 bits per heavy atom. The van der Waals surface area contributed by atoms with Crippen molar-refractivity contribution < 1.29 is 5.11 Å². The van der Waals surface area contributed by atoms with Gasteiger partial charge in [0.2, 0.25) is 0 Å². The predicted octanol–water partition coefficient (Wildman–Crippen LogP) is 0.671. The van der Waals surface area contributed by atoms with Gasteiger partial charge >= 0.3 is 0 Å². The lowest BCUT2D eigenvalue weighted by Crippen LogP contribution is -2.36. The molecule has 4 heteroatoms. The Balaban J connectivity index is 2.49. The zero-order valence-corrected chi connectivity index (χ0v) is 8.74. The summed E-state index contributed by atoms with van der Waals surface area (Å²) in [6.45, 7) is 0.0877. The van der Waals surface area contributed by atoms with E-state index >= 15 is 0 Å². The van der Waals surface area contributed by atoms with E-state index in [1.165, 1.54) is 6.33 Å². The van der Waals surface area contributed by atoms with Crippen LogP contribution in [0.4, 0.5) is 0 Å². The molecule has 0 spiro atoms. The van der Waals surface area contributed by atoms with E-state index in [1.54, 1.807) is 12.4 Å². The van der Waals surface area contributed by atoms with Crippen LogP contribution >= 0.6 is 0 Å². The van der Waals surface area contributed by atoms with E-state index in [9.17, 15) is 5.11 Å². The Morgan fingerprint density at radius 2 is 1.69 bits per heavy atom. The van der Waals surface area contributed by atoms with Crippen molar-refractivity contribution in [2.45, 2.75) is 5.60 Å². The number of rotatable bonds is 3. The second-order valence-electron chi connectivity index (χ2n) is 3.56. The highest BCUT2D eigenvalue weighted by Crippen LogP contribution is 2.26. The lowest BCUT2D eigenvalue weighted by atomic mass is 9.88. The van der Waals surface area contributed by atoms with Crippen LogP contribution in [0.5, 0.6) is 0 Å². The summed E-state index contributed by atoms with van der Waals surface area (Å²) >= 11 is 0. The van der Waals surface area contributed by atoms with E-state index in [0.717, 1.165) is 5.56 Å². The van der Waals surface area contributed by atoms with E-state index in [2.05, 4.69) is 9.97 Å². The first kappa shape index (κ1) is 10.7. The molecule has 16 heavy (non-hydrogen) atoms. The van der Waals surface area contributed by atoms with Crippen molar-refractivity contribution >= 4 is 0 Å². The minimum atomic E-state index is -1.22. The second-order valence-corrected chi connectivity index (χ2v) is 3.56. The third kappa shape index (κ3) is 1.80. The van der Waals surface area contributed by atoms with Crippen LogP contribution in [0, 0.1) is 0 Å². The molecular formula is C12H13N3O. The van der Waals surface area contributed by atoms with Crippen molar-refractivity contribution in [3.05, 3.63) is 60.2 Å². The van der Waals surface area contributed by atoms with Gasteiger partial charge in [0.05, 0.1) is 0 Å². The number of aromatic nitrogens is 2.